The summed E-state index contributed by atoms with van der Waals surface area (Å²) >= 11 is 0. The largest absolute Gasteiger partial charge is 0.493 e. The molecule has 0 fully saturated rings. The second-order valence-electron chi connectivity index (χ2n) is 8.05. The quantitative estimate of drug-likeness (QED) is 0.305. The first-order valence-electron chi connectivity index (χ1n) is 11.1. The zero-order chi connectivity index (χ0) is 25.7. The number of fused-ring (bicyclic) bond motifs is 1. The second-order valence-corrected chi connectivity index (χ2v) is 8.05. The molecule has 0 aliphatic carbocycles. The minimum Gasteiger partial charge on any atom is -0.493 e. The van der Waals surface area contributed by atoms with Crippen molar-refractivity contribution in [1.82, 2.24) is 9.97 Å². The maximum Gasteiger partial charge on any atom is 0.229 e. The number of aromatic nitrogens is 2. The first kappa shape index (κ1) is 24.1. The Morgan fingerprint density at radius 2 is 1.53 bits per heavy atom. The van der Waals surface area contributed by atoms with Crippen molar-refractivity contribution in [2.24, 2.45) is 0 Å². The molecule has 0 radical (unpaired) electrons. The fraction of sp³-hybridized carbons (Fsp3) is 0.143. The first-order chi connectivity index (χ1) is 17.4. The Bertz CT molecular complexity index is 1520. The Morgan fingerprint density at radius 3 is 2.14 bits per heavy atom. The number of hydrogen-bond donors (Lipinski definition) is 2. The van der Waals surface area contributed by atoms with Crippen molar-refractivity contribution < 1.29 is 9.47 Å². The molecule has 36 heavy (non-hydrogen) atoms. The van der Waals surface area contributed by atoms with E-state index < -0.39 is 0 Å². The zero-order valence-corrected chi connectivity index (χ0v) is 20.4. The average molecular weight is 477 g/mol. The third-order valence-electron chi connectivity index (χ3n) is 5.62. The van der Waals surface area contributed by atoms with Crippen LogP contribution in [0.2, 0.25) is 0 Å². The molecule has 0 aliphatic rings. The van der Waals surface area contributed by atoms with Gasteiger partial charge in [-0.25, -0.2) is 4.98 Å². The number of hydrogen-bond acceptors (Lipinski definition) is 8. The van der Waals surface area contributed by atoms with Crippen LogP contribution in [0.5, 0.6) is 11.5 Å². The topological polar surface area (TPSA) is 116 Å². The van der Waals surface area contributed by atoms with E-state index in [1.807, 2.05) is 38.1 Å². The monoisotopic (exact) mass is 476 g/mol. The zero-order valence-electron chi connectivity index (χ0n) is 20.4. The van der Waals surface area contributed by atoms with E-state index in [4.69, 9.17) is 25.0 Å². The summed E-state index contributed by atoms with van der Waals surface area (Å²) in [5, 5.41) is 25.4. The van der Waals surface area contributed by atoms with Crippen molar-refractivity contribution in [3.63, 3.8) is 0 Å². The van der Waals surface area contributed by atoms with Crippen LogP contribution in [-0.4, -0.2) is 24.2 Å². The number of nitrogens with one attached hydrogen (secondary N) is 2. The fourth-order valence-corrected chi connectivity index (χ4v) is 3.91. The standard InChI is InChI=1S/C28H24N6O2/c1-17-12-20(6-5-11-29)13-18(2)26(17)33-27-22-14-24(35-3)25(36-4)15-23(22)32-28(34-27)31-21-9-7-19(16-30)8-10-21/h5-10,12-15H,1-4H3,(H2,31,32,33,34)/b6-5+. The van der Waals surface area contributed by atoms with Crippen LogP contribution in [0.25, 0.3) is 17.0 Å². The number of nitrogens with zero attached hydrogens (tertiary/aromatic N) is 4. The van der Waals surface area contributed by atoms with E-state index in [0.717, 1.165) is 33.5 Å². The van der Waals surface area contributed by atoms with Gasteiger partial charge in [-0.1, -0.05) is 0 Å². The van der Waals surface area contributed by atoms with Crippen LogP contribution >= 0.6 is 0 Å². The van der Waals surface area contributed by atoms with Gasteiger partial charge in [-0.3, -0.25) is 0 Å². The van der Waals surface area contributed by atoms with Crippen molar-refractivity contribution >= 4 is 40.1 Å². The minimum absolute atomic E-state index is 0.380. The second kappa shape index (κ2) is 10.5. The maximum atomic E-state index is 9.07. The highest BCUT2D eigenvalue weighted by Gasteiger charge is 2.15. The highest BCUT2D eigenvalue weighted by molar-refractivity contribution is 5.95. The molecule has 0 saturated heterocycles. The maximum absolute atomic E-state index is 9.07. The van der Waals surface area contributed by atoms with E-state index in [0.29, 0.717) is 34.3 Å². The van der Waals surface area contributed by atoms with Crippen molar-refractivity contribution in [2.75, 3.05) is 24.9 Å². The van der Waals surface area contributed by atoms with Crippen molar-refractivity contribution in [3.8, 4) is 23.6 Å². The molecule has 3 aromatic carbocycles. The van der Waals surface area contributed by atoms with Gasteiger partial charge < -0.3 is 20.1 Å². The number of benzene rings is 3. The summed E-state index contributed by atoms with van der Waals surface area (Å²) in [7, 11) is 3.16. The van der Waals surface area contributed by atoms with Crippen LogP contribution in [0.15, 0.2) is 54.6 Å². The molecular formula is C28H24N6O2. The molecule has 8 heteroatoms. The average Bonchev–Trinajstić information content (AvgIpc) is 2.89. The smallest absolute Gasteiger partial charge is 0.229 e. The Labute approximate surface area is 209 Å². The summed E-state index contributed by atoms with van der Waals surface area (Å²) < 4.78 is 11.0. The molecule has 2 N–H and O–H groups in total. The van der Waals surface area contributed by atoms with Gasteiger partial charge in [0.05, 0.1) is 37.4 Å². The number of nitriles is 2. The fourth-order valence-electron chi connectivity index (χ4n) is 3.91. The lowest BCUT2D eigenvalue weighted by molar-refractivity contribution is 0.356. The Morgan fingerprint density at radius 1 is 0.861 bits per heavy atom. The van der Waals surface area contributed by atoms with Gasteiger partial charge in [0.15, 0.2) is 11.5 Å². The van der Waals surface area contributed by atoms with E-state index in [1.54, 1.807) is 50.6 Å². The molecule has 1 aromatic heterocycles. The minimum atomic E-state index is 0.380. The molecule has 0 bridgehead atoms. The van der Waals surface area contributed by atoms with Gasteiger partial charge in [0, 0.05) is 28.9 Å². The van der Waals surface area contributed by atoms with E-state index in [2.05, 4.69) is 21.7 Å². The molecule has 0 spiro atoms. The lowest BCUT2D eigenvalue weighted by Crippen LogP contribution is -2.05. The van der Waals surface area contributed by atoms with Crippen LogP contribution in [-0.2, 0) is 0 Å². The van der Waals surface area contributed by atoms with Crippen LogP contribution < -0.4 is 20.1 Å². The number of anilines is 4. The SMILES string of the molecule is COc1cc2nc(Nc3ccc(C#N)cc3)nc(Nc3c(C)cc(/C=C/C#N)cc3C)c2cc1OC. The van der Waals surface area contributed by atoms with Crippen LogP contribution in [0.1, 0.15) is 22.3 Å². The van der Waals surface area contributed by atoms with Crippen molar-refractivity contribution in [2.45, 2.75) is 13.8 Å². The number of aryl methyl sites for hydroxylation is 2. The molecule has 0 amide bonds. The molecule has 1 heterocycles. The lowest BCUT2D eigenvalue weighted by Gasteiger charge is -2.17. The van der Waals surface area contributed by atoms with E-state index >= 15 is 0 Å². The molecular weight excluding hydrogens is 452 g/mol. The van der Waals surface area contributed by atoms with Gasteiger partial charge in [-0.15, -0.1) is 0 Å². The summed E-state index contributed by atoms with van der Waals surface area (Å²) in [6.07, 6.45) is 3.24. The summed E-state index contributed by atoms with van der Waals surface area (Å²) in [5.74, 6) is 2.09. The van der Waals surface area contributed by atoms with Crippen LogP contribution in [0, 0.1) is 36.5 Å². The van der Waals surface area contributed by atoms with E-state index in [1.165, 1.54) is 6.08 Å². The molecule has 0 atom stereocenters. The van der Waals surface area contributed by atoms with Gasteiger partial charge in [-0.05, 0) is 79.1 Å². The number of methoxy groups -OCH3 is 2. The van der Waals surface area contributed by atoms with Gasteiger partial charge in [0.25, 0.3) is 0 Å². The van der Waals surface area contributed by atoms with Crippen LogP contribution in [0.4, 0.5) is 23.1 Å². The third kappa shape index (κ3) is 5.03. The molecule has 4 aromatic rings. The van der Waals surface area contributed by atoms with Crippen molar-refractivity contribution in [1.29, 1.82) is 10.5 Å². The third-order valence-corrected chi connectivity index (χ3v) is 5.62. The highest BCUT2D eigenvalue weighted by atomic mass is 16.5. The highest BCUT2D eigenvalue weighted by Crippen LogP contribution is 2.37. The first-order valence-corrected chi connectivity index (χ1v) is 11.1. The van der Waals surface area contributed by atoms with Gasteiger partial charge in [0.1, 0.15) is 5.82 Å². The van der Waals surface area contributed by atoms with Gasteiger partial charge in [0.2, 0.25) is 5.95 Å². The summed E-state index contributed by atoms with van der Waals surface area (Å²) in [4.78, 5) is 9.46. The van der Waals surface area contributed by atoms with Crippen LogP contribution in [0.3, 0.4) is 0 Å². The molecule has 4 rings (SSSR count). The predicted octanol–water partition coefficient (Wildman–Crippen LogP) is 6.16. The van der Waals surface area contributed by atoms with Crippen molar-refractivity contribution in [3.05, 3.63) is 76.9 Å². The number of allylic oxidation sites excluding steroid dienone is 1. The lowest BCUT2D eigenvalue weighted by atomic mass is 10.0. The molecule has 178 valence electrons. The van der Waals surface area contributed by atoms with Gasteiger partial charge in [-0.2, -0.15) is 15.5 Å². The van der Waals surface area contributed by atoms with E-state index in [-0.39, 0.29) is 0 Å². The summed E-state index contributed by atoms with van der Waals surface area (Å²) in [6.45, 7) is 4.00. The molecule has 0 aliphatic heterocycles. The summed E-state index contributed by atoms with van der Waals surface area (Å²) in [5.41, 5.74) is 5.83. The summed E-state index contributed by atoms with van der Waals surface area (Å²) in [6, 6.07) is 18.9. The molecule has 0 saturated carbocycles. The Balaban J connectivity index is 1.83. The molecule has 0 unspecified atom stereocenters. The molecule has 8 nitrogen and oxygen atoms in total. The predicted molar refractivity (Wildman–Crippen MR) is 141 cm³/mol. The number of rotatable bonds is 7. The normalized spacial score (nSPS) is 10.6. The Hall–Kier alpha value is -5.08. The van der Waals surface area contributed by atoms with Gasteiger partial charge >= 0.3 is 0 Å². The Kier molecular flexibility index (Phi) is 6.99. The number of ether oxygens (including phenoxy) is 2. The van der Waals surface area contributed by atoms with E-state index in [9.17, 15) is 0 Å².